The zero-order valence-electron chi connectivity index (χ0n) is 20.9. The third-order valence-electron chi connectivity index (χ3n) is 7.07. The average molecular weight is 516 g/mol. The lowest BCUT2D eigenvalue weighted by atomic mass is 9.87. The normalized spacial score (nSPS) is 21.1. The van der Waals surface area contributed by atoms with E-state index in [1.165, 1.54) is 17.0 Å². The van der Waals surface area contributed by atoms with Crippen molar-refractivity contribution in [1.29, 1.82) is 0 Å². The van der Waals surface area contributed by atoms with Crippen LogP contribution in [0, 0.1) is 23.5 Å². The molecule has 0 aromatic heterocycles. The Hall–Kier alpha value is -3.07. The van der Waals surface area contributed by atoms with Crippen molar-refractivity contribution < 1.29 is 33.0 Å². The Morgan fingerprint density at radius 1 is 1.11 bits per heavy atom. The number of nitrogens with zero attached hydrogens (tertiary/aromatic N) is 1. The maximum Gasteiger partial charge on any atom is 0.303 e. The van der Waals surface area contributed by atoms with Crippen molar-refractivity contribution in [1.82, 2.24) is 4.90 Å². The Balaban J connectivity index is 1.65. The maximum absolute atomic E-state index is 14.8. The number of hydrogen-bond acceptors (Lipinski definition) is 4. The Bertz CT molecular complexity index is 1200. The summed E-state index contributed by atoms with van der Waals surface area (Å²) in [5, 5.41) is 9.18. The van der Waals surface area contributed by atoms with Gasteiger partial charge in [-0.25, -0.2) is 8.78 Å². The first-order valence-electron chi connectivity index (χ1n) is 12.1. The minimum Gasteiger partial charge on any atom is -0.497 e. The van der Waals surface area contributed by atoms with E-state index in [2.05, 4.69) is 0 Å². The quantitative estimate of drug-likeness (QED) is 0.540. The van der Waals surface area contributed by atoms with Crippen molar-refractivity contribution in [3.63, 3.8) is 0 Å². The molecule has 0 bridgehead atoms. The van der Waals surface area contributed by atoms with Gasteiger partial charge in [0.15, 0.2) is 5.78 Å². The van der Waals surface area contributed by atoms with Crippen LogP contribution in [0.4, 0.5) is 8.78 Å². The molecule has 2 aromatic carbocycles. The number of carbonyl (C=O) groups excluding carboxylic acids is 2. The molecule has 36 heavy (non-hydrogen) atoms. The van der Waals surface area contributed by atoms with Crippen LogP contribution >= 0.6 is 0 Å². The summed E-state index contributed by atoms with van der Waals surface area (Å²) in [6, 6.07) is 6.85. The van der Waals surface area contributed by atoms with Crippen LogP contribution < -0.4 is 9.92 Å². The van der Waals surface area contributed by atoms with Gasteiger partial charge in [0.25, 0.3) is 0 Å². The monoisotopic (exact) mass is 515 g/mol. The second-order valence-electron chi connectivity index (χ2n) is 10.8. The SMILES string of the molecule is COc1ccc2c(c1)CCN(C(=O)[C@H]1C[C@@H]1CC(=O)O)C2C(=O)Cc1cc(F)c([Si](C)(C)C)c(F)c1. The van der Waals surface area contributed by atoms with E-state index < -0.39 is 37.6 Å². The summed E-state index contributed by atoms with van der Waals surface area (Å²) < 4.78 is 35.0. The van der Waals surface area contributed by atoms with Crippen LogP contribution in [0.5, 0.6) is 5.75 Å². The minimum absolute atomic E-state index is 0.0847. The van der Waals surface area contributed by atoms with Crippen LogP contribution in [0.3, 0.4) is 0 Å². The number of hydrogen-bond donors (Lipinski definition) is 1. The molecule has 1 fully saturated rings. The molecule has 3 atom stereocenters. The van der Waals surface area contributed by atoms with Crippen LogP contribution in [-0.4, -0.2) is 49.4 Å². The van der Waals surface area contributed by atoms with Crippen LogP contribution in [-0.2, 0) is 27.2 Å². The highest BCUT2D eigenvalue weighted by Gasteiger charge is 2.48. The highest BCUT2D eigenvalue weighted by atomic mass is 28.3. The Morgan fingerprint density at radius 3 is 2.36 bits per heavy atom. The molecular weight excluding hydrogens is 484 g/mol. The van der Waals surface area contributed by atoms with Gasteiger partial charge in [0.2, 0.25) is 5.91 Å². The molecule has 6 nitrogen and oxygen atoms in total. The van der Waals surface area contributed by atoms with Crippen LogP contribution in [0.15, 0.2) is 30.3 Å². The van der Waals surface area contributed by atoms with E-state index in [0.717, 1.165) is 5.56 Å². The average Bonchev–Trinajstić information content (AvgIpc) is 3.54. The molecule has 9 heteroatoms. The molecule has 1 unspecified atom stereocenters. The summed E-state index contributed by atoms with van der Waals surface area (Å²) in [4.78, 5) is 39.6. The summed E-state index contributed by atoms with van der Waals surface area (Å²) in [6.45, 7) is 5.85. The summed E-state index contributed by atoms with van der Waals surface area (Å²) in [5.41, 5.74) is 1.76. The molecule has 1 N–H and O–H groups in total. The van der Waals surface area contributed by atoms with E-state index in [9.17, 15) is 23.2 Å². The topological polar surface area (TPSA) is 83.9 Å². The lowest BCUT2D eigenvalue weighted by molar-refractivity contribution is -0.142. The predicted molar refractivity (Wildman–Crippen MR) is 133 cm³/mol. The summed E-state index contributed by atoms with van der Waals surface area (Å²) in [5.74, 6) is -2.86. The molecule has 1 aliphatic carbocycles. The number of ketones is 1. The molecule has 0 saturated heterocycles. The molecule has 2 aromatic rings. The second kappa shape index (κ2) is 9.76. The van der Waals surface area contributed by atoms with Crippen molar-refractivity contribution in [2.24, 2.45) is 11.8 Å². The maximum atomic E-state index is 14.8. The molecule has 1 heterocycles. The number of benzene rings is 2. The number of amides is 1. The largest absolute Gasteiger partial charge is 0.497 e. The third kappa shape index (κ3) is 5.21. The van der Waals surface area contributed by atoms with E-state index >= 15 is 0 Å². The van der Waals surface area contributed by atoms with Gasteiger partial charge >= 0.3 is 5.97 Å². The molecule has 4 rings (SSSR count). The predicted octanol–water partition coefficient (Wildman–Crippen LogP) is 3.87. The van der Waals surface area contributed by atoms with Crippen LogP contribution in [0.25, 0.3) is 0 Å². The molecule has 1 saturated carbocycles. The molecule has 1 amide bonds. The molecule has 0 spiro atoms. The third-order valence-corrected chi connectivity index (χ3v) is 9.05. The van der Waals surface area contributed by atoms with Gasteiger partial charge in [-0.1, -0.05) is 25.7 Å². The zero-order chi connectivity index (χ0) is 26.4. The summed E-state index contributed by atoms with van der Waals surface area (Å²) in [6.07, 6.45) is 0.681. The number of carboxylic acid groups (broad SMARTS) is 1. The van der Waals surface area contributed by atoms with E-state index in [-0.39, 0.29) is 41.2 Å². The van der Waals surface area contributed by atoms with Gasteiger partial charge < -0.3 is 14.7 Å². The first kappa shape index (κ1) is 26.0. The number of ether oxygens (including phenoxy) is 1. The van der Waals surface area contributed by atoms with E-state index in [1.54, 1.807) is 19.2 Å². The number of methoxy groups -OCH3 is 1. The highest BCUT2D eigenvalue weighted by molar-refractivity contribution is 6.88. The summed E-state index contributed by atoms with van der Waals surface area (Å²) in [7, 11) is -0.718. The summed E-state index contributed by atoms with van der Waals surface area (Å²) >= 11 is 0. The first-order valence-corrected chi connectivity index (χ1v) is 15.6. The van der Waals surface area contributed by atoms with Gasteiger partial charge in [-0.3, -0.25) is 14.4 Å². The van der Waals surface area contributed by atoms with Crippen LogP contribution in [0.1, 0.15) is 35.6 Å². The lowest BCUT2D eigenvalue weighted by Crippen LogP contribution is -2.45. The van der Waals surface area contributed by atoms with Crippen molar-refractivity contribution in [3.05, 3.63) is 58.7 Å². The Labute approximate surface area is 210 Å². The number of carboxylic acids is 1. The Kier molecular flexibility index (Phi) is 7.05. The van der Waals surface area contributed by atoms with E-state index in [4.69, 9.17) is 9.84 Å². The van der Waals surface area contributed by atoms with E-state index in [0.29, 0.717) is 30.7 Å². The fourth-order valence-corrected chi connectivity index (χ4v) is 6.85. The standard InChI is InChI=1S/C27H31F2NO5Si/c1-35-18-5-6-19-16(12-18)7-8-30(27(34)20-13-17(20)14-24(32)33)25(19)23(31)11-15-9-21(28)26(22(29)10-15)36(2,3)4/h5-6,9-10,12,17,20,25H,7-8,11,13-14H2,1-4H3,(H,32,33)/t17-,20+,25?/m1/s1. The van der Waals surface area contributed by atoms with Crippen molar-refractivity contribution in [2.75, 3.05) is 13.7 Å². The number of Topliss-reactive ketones (excluding diaryl/α,β-unsaturated/α-hetero) is 1. The molecular formula is C27H31F2NO5Si. The molecule has 0 radical (unpaired) electrons. The smallest absolute Gasteiger partial charge is 0.303 e. The Morgan fingerprint density at radius 2 is 1.78 bits per heavy atom. The highest BCUT2D eigenvalue weighted by Crippen LogP contribution is 2.45. The van der Waals surface area contributed by atoms with Gasteiger partial charge in [-0.15, -0.1) is 0 Å². The number of halogens is 2. The second-order valence-corrected chi connectivity index (χ2v) is 15.8. The van der Waals surface area contributed by atoms with Crippen molar-refractivity contribution in [3.8, 4) is 5.75 Å². The van der Waals surface area contributed by atoms with Gasteiger partial charge in [0.05, 0.1) is 15.2 Å². The number of rotatable bonds is 8. The zero-order valence-corrected chi connectivity index (χ0v) is 21.9. The van der Waals surface area contributed by atoms with Crippen molar-refractivity contribution in [2.45, 2.75) is 51.4 Å². The fourth-order valence-electron chi connectivity index (χ4n) is 5.27. The van der Waals surface area contributed by atoms with Crippen molar-refractivity contribution >= 4 is 30.9 Å². The molecule has 2 aliphatic rings. The number of carbonyl (C=O) groups is 3. The lowest BCUT2D eigenvalue weighted by Gasteiger charge is -2.37. The van der Waals surface area contributed by atoms with Gasteiger partial charge in [0.1, 0.15) is 23.4 Å². The van der Waals surface area contributed by atoms with Crippen LogP contribution in [0.2, 0.25) is 19.6 Å². The molecule has 1 aliphatic heterocycles. The van der Waals surface area contributed by atoms with E-state index in [1.807, 2.05) is 25.7 Å². The minimum atomic E-state index is -2.27. The first-order chi connectivity index (χ1) is 16.9. The molecule has 192 valence electrons. The van der Waals surface area contributed by atoms with Gasteiger partial charge in [0, 0.05) is 30.5 Å². The van der Waals surface area contributed by atoms with Gasteiger partial charge in [-0.05, 0) is 59.7 Å². The van der Waals surface area contributed by atoms with Gasteiger partial charge in [-0.2, -0.15) is 0 Å². The number of fused-ring (bicyclic) bond motifs is 1. The fraction of sp³-hybridized carbons (Fsp3) is 0.444. The number of aliphatic carboxylic acids is 1.